The minimum Gasteiger partial charge on any atom is -0.484 e. The van der Waals surface area contributed by atoms with Gasteiger partial charge in [-0.15, -0.1) is 0 Å². The van der Waals surface area contributed by atoms with Crippen LogP contribution in [0.2, 0.25) is 0 Å². The van der Waals surface area contributed by atoms with Crippen molar-refractivity contribution in [2.24, 2.45) is 0 Å². The van der Waals surface area contributed by atoms with Gasteiger partial charge in [0.1, 0.15) is 5.75 Å². The lowest BCUT2D eigenvalue weighted by molar-refractivity contribution is -0.132. The first-order chi connectivity index (χ1) is 12.5. The third-order valence-corrected chi connectivity index (χ3v) is 5.51. The van der Waals surface area contributed by atoms with E-state index < -0.39 is 0 Å². The minimum atomic E-state index is -0.173. The number of aryl methyl sites for hydroxylation is 1. The summed E-state index contributed by atoms with van der Waals surface area (Å²) < 4.78 is 6.65. The van der Waals surface area contributed by atoms with Gasteiger partial charge in [0.2, 0.25) is 0 Å². The van der Waals surface area contributed by atoms with Crippen molar-refractivity contribution >= 4 is 40.1 Å². The largest absolute Gasteiger partial charge is 0.484 e. The number of ether oxygens (including phenoxy) is 1. The Hall–Kier alpha value is -2.09. The topological polar surface area (TPSA) is 58.6 Å². The van der Waals surface area contributed by atoms with Crippen molar-refractivity contribution in [2.75, 3.05) is 25.0 Å². The van der Waals surface area contributed by atoms with Crippen LogP contribution in [0.4, 0.5) is 5.69 Å². The molecule has 0 radical (unpaired) electrons. The van der Waals surface area contributed by atoms with Crippen LogP contribution < -0.4 is 10.1 Å². The van der Waals surface area contributed by atoms with Gasteiger partial charge in [0, 0.05) is 34.0 Å². The molecule has 0 atom stereocenters. The van der Waals surface area contributed by atoms with Gasteiger partial charge in [0.05, 0.1) is 0 Å². The number of carbonyl (C=O) groups excluding carboxylic acids is 2. The molecule has 1 heterocycles. The average Bonchev–Trinajstić information content (AvgIpc) is 3.17. The molecule has 26 heavy (non-hydrogen) atoms. The average molecular weight is 464 g/mol. The molecule has 0 bridgehead atoms. The van der Waals surface area contributed by atoms with E-state index in [-0.39, 0.29) is 18.4 Å². The lowest BCUT2D eigenvalue weighted by Crippen LogP contribution is -2.32. The molecule has 2 aromatic rings. The van der Waals surface area contributed by atoms with Crippen LogP contribution in [-0.2, 0) is 4.79 Å². The summed E-state index contributed by atoms with van der Waals surface area (Å²) in [6.07, 6.45) is 2.12. The van der Waals surface area contributed by atoms with E-state index in [2.05, 4.69) is 27.9 Å². The van der Waals surface area contributed by atoms with Gasteiger partial charge >= 0.3 is 0 Å². The number of carbonyl (C=O) groups is 2. The van der Waals surface area contributed by atoms with E-state index in [1.54, 1.807) is 24.3 Å². The second-order valence-electron chi connectivity index (χ2n) is 6.32. The van der Waals surface area contributed by atoms with Crippen molar-refractivity contribution in [3.8, 4) is 5.75 Å². The van der Waals surface area contributed by atoms with E-state index in [0.717, 1.165) is 35.1 Å². The fourth-order valence-corrected chi connectivity index (χ4v) is 3.32. The number of nitrogens with one attached hydrogen (secondary N) is 1. The summed E-state index contributed by atoms with van der Waals surface area (Å²) in [5.74, 6) is 0.396. The summed E-state index contributed by atoms with van der Waals surface area (Å²) in [6, 6.07) is 12.7. The SMILES string of the molecule is Cc1ccc(C(=O)Nc2cccc(OCC(=O)N3CCCC3)c2)cc1I. The number of benzene rings is 2. The van der Waals surface area contributed by atoms with Gasteiger partial charge in [-0.1, -0.05) is 12.1 Å². The van der Waals surface area contributed by atoms with Gasteiger partial charge in [0.25, 0.3) is 11.8 Å². The highest BCUT2D eigenvalue weighted by atomic mass is 127. The third-order valence-electron chi connectivity index (χ3n) is 4.35. The molecule has 1 fully saturated rings. The summed E-state index contributed by atoms with van der Waals surface area (Å²) in [7, 11) is 0. The summed E-state index contributed by atoms with van der Waals surface area (Å²) >= 11 is 2.22. The van der Waals surface area contributed by atoms with Gasteiger partial charge in [0.15, 0.2) is 6.61 Å². The fraction of sp³-hybridized carbons (Fsp3) is 0.300. The summed E-state index contributed by atoms with van der Waals surface area (Å²) in [5.41, 5.74) is 2.38. The standard InChI is InChI=1S/C20H21IN2O3/c1-14-7-8-15(11-18(14)21)20(25)22-16-5-4-6-17(12-16)26-13-19(24)23-9-2-3-10-23/h4-8,11-12H,2-3,9-10,13H2,1H3,(H,22,25). The number of rotatable bonds is 5. The van der Waals surface area contributed by atoms with E-state index in [4.69, 9.17) is 4.74 Å². The maximum absolute atomic E-state index is 12.4. The Balaban J connectivity index is 1.60. The van der Waals surface area contributed by atoms with Crippen molar-refractivity contribution in [1.29, 1.82) is 0 Å². The number of halogens is 1. The van der Waals surface area contributed by atoms with Gasteiger partial charge in [-0.3, -0.25) is 9.59 Å². The van der Waals surface area contributed by atoms with E-state index >= 15 is 0 Å². The van der Waals surface area contributed by atoms with E-state index in [9.17, 15) is 9.59 Å². The molecular weight excluding hydrogens is 443 g/mol. The highest BCUT2D eigenvalue weighted by Crippen LogP contribution is 2.20. The molecule has 136 valence electrons. The predicted octanol–water partition coefficient (Wildman–Crippen LogP) is 3.85. The Morgan fingerprint density at radius 2 is 1.92 bits per heavy atom. The van der Waals surface area contributed by atoms with Crippen LogP contribution in [-0.4, -0.2) is 36.4 Å². The molecule has 0 saturated carbocycles. The number of anilines is 1. The van der Waals surface area contributed by atoms with Gasteiger partial charge < -0.3 is 15.0 Å². The first kappa shape index (κ1) is 18.7. The zero-order valence-corrected chi connectivity index (χ0v) is 16.8. The van der Waals surface area contributed by atoms with Gasteiger partial charge in [-0.25, -0.2) is 0 Å². The van der Waals surface area contributed by atoms with Gasteiger partial charge in [-0.2, -0.15) is 0 Å². The minimum absolute atomic E-state index is 0.00571. The number of likely N-dealkylation sites (tertiary alicyclic amines) is 1. The van der Waals surface area contributed by atoms with Crippen LogP contribution in [0.1, 0.15) is 28.8 Å². The molecule has 1 aliphatic heterocycles. The number of hydrogen-bond donors (Lipinski definition) is 1. The second-order valence-corrected chi connectivity index (χ2v) is 7.48. The molecule has 0 unspecified atom stereocenters. The quantitative estimate of drug-likeness (QED) is 0.685. The van der Waals surface area contributed by atoms with E-state index in [0.29, 0.717) is 17.0 Å². The highest BCUT2D eigenvalue weighted by Gasteiger charge is 2.18. The fourth-order valence-electron chi connectivity index (χ4n) is 2.80. The maximum atomic E-state index is 12.4. The molecule has 1 aliphatic rings. The molecule has 0 spiro atoms. The zero-order chi connectivity index (χ0) is 18.5. The molecule has 6 heteroatoms. The van der Waals surface area contributed by atoms with Crippen LogP contribution in [0.25, 0.3) is 0 Å². The van der Waals surface area contributed by atoms with E-state index in [1.807, 2.05) is 30.0 Å². The Labute approximate surface area is 166 Å². The van der Waals surface area contributed by atoms with Crippen molar-refractivity contribution in [3.05, 3.63) is 57.2 Å². The Bertz CT molecular complexity index is 816. The normalized spacial score (nSPS) is 13.5. The van der Waals surface area contributed by atoms with Crippen LogP contribution in [0.15, 0.2) is 42.5 Å². The Morgan fingerprint density at radius 3 is 2.65 bits per heavy atom. The van der Waals surface area contributed by atoms with Crippen LogP contribution in [0.3, 0.4) is 0 Å². The molecule has 5 nitrogen and oxygen atoms in total. The second kappa shape index (κ2) is 8.53. The van der Waals surface area contributed by atoms with Crippen molar-refractivity contribution in [3.63, 3.8) is 0 Å². The first-order valence-corrected chi connectivity index (χ1v) is 9.69. The van der Waals surface area contributed by atoms with Crippen LogP contribution in [0, 0.1) is 10.5 Å². The Morgan fingerprint density at radius 1 is 1.15 bits per heavy atom. The lowest BCUT2D eigenvalue weighted by atomic mass is 10.1. The molecule has 2 aromatic carbocycles. The highest BCUT2D eigenvalue weighted by molar-refractivity contribution is 14.1. The van der Waals surface area contributed by atoms with Crippen LogP contribution in [0.5, 0.6) is 5.75 Å². The zero-order valence-electron chi connectivity index (χ0n) is 14.6. The Kier molecular flexibility index (Phi) is 6.13. The molecule has 0 aromatic heterocycles. The van der Waals surface area contributed by atoms with Crippen LogP contribution >= 0.6 is 22.6 Å². The summed E-state index contributed by atoms with van der Waals surface area (Å²) in [4.78, 5) is 26.3. The van der Waals surface area contributed by atoms with Crippen molar-refractivity contribution in [2.45, 2.75) is 19.8 Å². The predicted molar refractivity (Wildman–Crippen MR) is 110 cm³/mol. The number of hydrogen-bond acceptors (Lipinski definition) is 3. The van der Waals surface area contributed by atoms with Crippen molar-refractivity contribution in [1.82, 2.24) is 4.90 Å². The smallest absolute Gasteiger partial charge is 0.260 e. The number of amides is 2. The first-order valence-electron chi connectivity index (χ1n) is 8.61. The molecule has 0 aliphatic carbocycles. The maximum Gasteiger partial charge on any atom is 0.260 e. The monoisotopic (exact) mass is 464 g/mol. The molecule has 3 rings (SSSR count). The summed E-state index contributed by atoms with van der Waals surface area (Å²) in [6.45, 7) is 3.66. The van der Waals surface area contributed by atoms with Crippen molar-refractivity contribution < 1.29 is 14.3 Å². The van der Waals surface area contributed by atoms with E-state index in [1.165, 1.54) is 0 Å². The molecular formula is C20H21IN2O3. The lowest BCUT2D eigenvalue weighted by Gasteiger charge is -2.15. The summed E-state index contributed by atoms with van der Waals surface area (Å²) in [5, 5.41) is 2.87. The molecule has 2 amide bonds. The van der Waals surface area contributed by atoms with Gasteiger partial charge in [-0.05, 0) is 72.2 Å². The number of nitrogens with zero attached hydrogens (tertiary/aromatic N) is 1. The molecule has 1 saturated heterocycles. The molecule has 1 N–H and O–H groups in total. The third kappa shape index (κ3) is 4.75.